The summed E-state index contributed by atoms with van der Waals surface area (Å²) in [6.07, 6.45) is 1.13. The van der Waals surface area contributed by atoms with Crippen LogP contribution in [0.5, 0.6) is 11.5 Å². The lowest BCUT2D eigenvalue weighted by molar-refractivity contribution is 0.221. The minimum Gasteiger partial charge on any atom is -0.496 e. The van der Waals surface area contributed by atoms with E-state index in [4.69, 9.17) is 15.2 Å². The number of hydrogen-bond acceptors (Lipinski definition) is 7. The van der Waals surface area contributed by atoms with Crippen LogP contribution in [-0.4, -0.2) is 22.2 Å². The fourth-order valence-electron chi connectivity index (χ4n) is 2.74. The molecule has 0 aliphatic carbocycles. The van der Waals surface area contributed by atoms with E-state index in [2.05, 4.69) is 9.97 Å². The number of nitrogens with zero attached hydrogens (tertiary/aromatic N) is 2. The van der Waals surface area contributed by atoms with E-state index >= 15 is 0 Å². The maximum atomic E-state index is 13.7. The molecule has 3 rings (SSSR count). The van der Waals surface area contributed by atoms with Crippen molar-refractivity contribution in [3.63, 3.8) is 0 Å². The minimum atomic E-state index is -0.509. The van der Waals surface area contributed by atoms with Gasteiger partial charge in [0.15, 0.2) is 11.6 Å². The Bertz CT molecular complexity index is 961. The summed E-state index contributed by atoms with van der Waals surface area (Å²) in [4.78, 5) is 9.39. The molecule has 0 aliphatic rings. The monoisotopic (exact) mass is 389 g/mol. The largest absolute Gasteiger partial charge is 0.496 e. The number of nitrogen functional groups attached to an aromatic ring is 1. The highest BCUT2D eigenvalue weighted by Gasteiger charge is 2.18. The molecule has 0 saturated heterocycles. The number of aliphatic hydroxyl groups is 1. The Morgan fingerprint density at radius 2 is 2.07 bits per heavy atom. The van der Waals surface area contributed by atoms with Crippen LogP contribution in [0.25, 0.3) is 10.4 Å². The van der Waals surface area contributed by atoms with E-state index in [0.717, 1.165) is 16.1 Å². The van der Waals surface area contributed by atoms with E-state index in [9.17, 15) is 9.50 Å². The second-order valence-corrected chi connectivity index (χ2v) is 7.02. The number of hydrogen-bond donors (Lipinski definition) is 2. The number of benzene rings is 1. The van der Waals surface area contributed by atoms with Crippen molar-refractivity contribution in [2.45, 2.75) is 26.6 Å². The zero-order valence-corrected chi connectivity index (χ0v) is 16.0. The zero-order chi connectivity index (χ0) is 19.6. The first-order valence-electron chi connectivity index (χ1n) is 8.26. The predicted molar refractivity (Wildman–Crippen MR) is 102 cm³/mol. The van der Waals surface area contributed by atoms with Gasteiger partial charge in [-0.05, 0) is 38.1 Å². The summed E-state index contributed by atoms with van der Waals surface area (Å²) >= 11 is 1.38. The summed E-state index contributed by atoms with van der Waals surface area (Å²) in [6, 6.07) is 6.03. The Labute approximate surface area is 160 Å². The maximum Gasteiger partial charge on any atom is 0.166 e. The van der Waals surface area contributed by atoms with Crippen molar-refractivity contribution in [3.8, 4) is 21.9 Å². The number of methoxy groups -OCH3 is 1. The van der Waals surface area contributed by atoms with Crippen molar-refractivity contribution in [2.75, 3.05) is 12.8 Å². The van der Waals surface area contributed by atoms with E-state index < -0.39 is 6.10 Å². The van der Waals surface area contributed by atoms with Crippen molar-refractivity contribution in [3.05, 3.63) is 52.5 Å². The molecular formula is C19H20FN3O3S. The summed E-state index contributed by atoms with van der Waals surface area (Å²) in [5.74, 6) is 0.755. The fourth-order valence-corrected chi connectivity index (χ4v) is 3.64. The molecule has 0 fully saturated rings. The van der Waals surface area contributed by atoms with E-state index in [1.165, 1.54) is 30.6 Å². The molecule has 0 aliphatic heterocycles. The molecule has 6 nitrogen and oxygen atoms in total. The normalized spacial score (nSPS) is 12.0. The Hall–Kier alpha value is -2.71. The van der Waals surface area contributed by atoms with Gasteiger partial charge in [0, 0.05) is 17.3 Å². The van der Waals surface area contributed by atoms with Crippen LogP contribution in [0.1, 0.15) is 29.3 Å². The van der Waals surface area contributed by atoms with Crippen LogP contribution in [-0.2, 0) is 6.61 Å². The van der Waals surface area contributed by atoms with Crippen LogP contribution in [0.15, 0.2) is 30.5 Å². The first kappa shape index (κ1) is 19.1. The van der Waals surface area contributed by atoms with Crippen molar-refractivity contribution in [1.82, 2.24) is 9.97 Å². The third-order valence-electron chi connectivity index (χ3n) is 4.05. The lowest BCUT2D eigenvalue weighted by atomic mass is 10.1. The maximum absolute atomic E-state index is 13.7. The van der Waals surface area contributed by atoms with E-state index in [1.807, 2.05) is 6.92 Å². The zero-order valence-electron chi connectivity index (χ0n) is 15.2. The summed E-state index contributed by atoms with van der Waals surface area (Å²) in [6.45, 7) is 3.53. The number of rotatable bonds is 6. The number of aliphatic hydroxyl groups excluding tert-OH is 1. The predicted octanol–water partition coefficient (Wildman–Crippen LogP) is 3.88. The van der Waals surface area contributed by atoms with Crippen molar-refractivity contribution < 1.29 is 19.0 Å². The molecule has 0 bridgehead atoms. The molecule has 2 aromatic heterocycles. The van der Waals surface area contributed by atoms with Crippen LogP contribution in [0.3, 0.4) is 0 Å². The van der Waals surface area contributed by atoms with Gasteiger partial charge in [0.25, 0.3) is 0 Å². The highest BCUT2D eigenvalue weighted by atomic mass is 32.1. The van der Waals surface area contributed by atoms with Gasteiger partial charge in [-0.3, -0.25) is 0 Å². The summed E-state index contributed by atoms with van der Waals surface area (Å²) < 4.78 is 24.9. The number of aryl methyl sites for hydroxylation is 1. The Morgan fingerprint density at radius 1 is 1.30 bits per heavy atom. The number of pyridine rings is 1. The molecule has 1 unspecified atom stereocenters. The topological polar surface area (TPSA) is 90.5 Å². The van der Waals surface area contributed by atoms with Gasteiger partial charge in [0.2, 0.25) is 0 Å². The van der Waals surface area contributed by atoms with Crippen LogP contribution >= 0.6 is 11.3 Å². The average molecular weight is 389 g/mol. The SMILES string of the molecule is COc1ccc(F)cc1C(C)Oc1cc(-c2sc(CO)nc2C)cnc1N. The highest BCUT2D eigenvalue weighted by molar-refractivity contribution is 7.15. The van der Waals surface area contributed by atoms with Gasteiger partial charge in [0.05, 0.1) is 24.3 Å². The Kier molecular flexibility index (Phi) is 5.57. The molecule has 3 aromatic rings. The number of anilines is 1. The number of nitrogens with two attached hydrogens (primary N) is 1. The molecule has 1 aromatic carbocycles. The first-order valence-corrected chi connectivity index (χ1v) is 9.07. The van der Waals surface area contributed by atoms with E-state index in [1.54, 1.807) is 25.3 Å². The molecule has 0 saturated carbocycles. The molecule has 0 spiro atoms. The molecule has 142 valence electrons. The molecule has 3 N–H and O–H groups in total. The van der Waals surface area contributed by atoms with Gasteiger partial charge in [-0.15, -0.1) is 11.3 Å². The lowest BCUT2D eigenvalue weighted by Gasteiger charge is -2.19. The molecule has 27 heavy (non-hydrogen) atoms. The van der Waals surface area contributed by atoms with Crippen molar-refractivity contribution >= 4 is 17.2 Å². The van der Waals surface area contributed by atoms with Crippen LogP contribution in [0, 0.1) is 12.7 Å². The lowest BCUT2D eigenvalue weighted by Crippen LogP contribution is -2.08. The highest BCUT2D eigenvalue weighted by Crippen LogP contribution is 2.36. The van der Waals surface area contributed by atoms with Gasteiger partial charge in [0.1, 0.15) is 22.7 Å². The summed E-state index contributed by atoms with van der Waals surface area (Å²) in [5.41, 5.74) is 8.12. The van der Waals surface area contributed by atoms with Gasteiger partial charge in [-0.2, -0.15) is 0 Å². The average Bonchev–Trinajstić information content (AvgIpc) is 3.04. The van der Waals surface area contributed by atoms with Gasteiger partial charge in [-0.25, -0.2) is 14.4 Å². The number of halogens is 1. The standard InChI is InChI=1S/C19H20FN3O3S/c1-10-18(27-17(9-24)23-10)12-6-16(19(21)22-8-12)26-11(2)14-7-13(20)4-5-15(14)25-3/h4-8,11,24H,9H2,1-3H3,(H2,21,22). The fraction of sp³-hybridized carbons (Fsp3) is 0.263. The van der Waals surface area contributed by atoms with Crippen LogP contribution in [0.2, 0.25) is 0 Å². The molecule has 0 amide bonds. The number of thiazole rings is 1. The van der Waals surface area contributed by atoms with Crippen LogP contribution in [0.4, 0.5) is 10.2 Å². The van der Waals surface area contributed by atoms with Gasteiger partial charge < -0.3 is 20.3 Å². The number of aromatic nitrogens is 2. The molecular weight excluding hydrogens is 369 g/mol. The Balaban J connectivity index is 1.93. The minimum absolute atomic E-state index is 0.117. The van der Waals surface area contributed by atoms with Crippen molar-refractivity contribution in [1.29, 1.82) is 0 Å². The van der Waals surface area contributed by atoms with Crippen molar-refractivity contribution in [2.24, 2.45) is 0 Å². The Morgan fingerprint density at radius 3 is 2.74 bits per heavy atom. The summed E-state index contributed by atoms with van der Waals surface area (Å²) in [5, 5.41) is 9.91. The summed E-state index contributed by atoms with van der Waals surface area (Å²) in [7, 11) is 1.52. The molecule has 0 radical (unpaired) electrons. The second kappa shape index (κ2) is 7.89. The van der Waals surface area contributed by atoms with Crippen LogP contribution < -0.4 is 15.2 Å². The second-order valence-electron chi connectivity index (χ2n) is 5.93. The van der Waals surface area contributed by atoms with Gasteiger partial charge in [-0.1, -0.05) is 0 Å². The molecule has 1 atom stereocenters. The molecule has 2 heterocycles. The third kappa shape index (κ3) is 4.01. The first-order chi connectivity index (χ1) is 12.9. The smallest absolute Gasteiger partial charge is 0.166 e. The van der Waals surface area contributed by atoms with E-state index in [-0.39, 0.29) is 18.2 Å². The third-order valence-corrected chi connectivity index (χ3v) is 5.24. The van der Waals surface area contributed by atoms with Gasteiger partial charge >= 0.3 is 0 Å². The number of ether oxygens (including phenoxy) is 2. The van der Waals surface area contributed by atoms with E-state index in [0.29, 0.717) is 22.1 Å². The quantitative estimate of drug-likeness (QED) is 0.665. The molecule has 8 heteroatoms.